The molecule has 2 aromatic carbocycles. The molecule has 0 spiro atoms. The minimum absolute atomic E-state index is 0.171. The number of hydrogen-bond donors (Lipinski definition) is 1. The molecule has 0 saturated heterocycles. The average molecular weight is 341 g/mol. The van der Waals surface area contributed by atoms with Gasteiger partial charge in [-0.1, -0.05) is 43.2 Å². The number of esters is 1. The zero-order valence-corrected chi connectivity index (χ0v) is 14.7. The maximum Gasteiger partial charge on any atom is 0.337 e. The maximum absolute atomic E-state index is 10.9. The van der Waals surface area contributed by atoms with E-state index in [1.54, 1.807) is 24.3 Å². The Morgan fingerprint density at radius 1 is 1.24 bits per heavy atom. The molecule has 1 N–H and O–H groups in total. The topological polar surface area (TPSA) is 76.0 Å². The fourth-order valence-electron chi connectivity index (χ4n) is 2.00. The number of nitrogens with zero attached hydrogens (tertiary/aromatic N) is 1. The standard InChI is InChI=1S/C11H13NO2.C9H10O2/c1-2-3-4-5-9-8-10(12-14)6-7-11(9)13;1-7-4-3-5-8(6-7)9(10)11-2/h4-8,13H,2-3H2,1H3;3-6H,1-2H3/b5-4-;. The van der Waals surface area contributed by atoms with Crippen LogP contribution in [0, 0.1) is 11.8 Å². The first kappa shape index (κ1) is 20.1. The van der Waals surface area contributed by atoms with Gasteiger partial charge in [-0.3, -0.25) is 0 Å². The minimum Gasteiger partial charge on any atom is -0.507 e. The average Bonchev–Trinajstić information content (AvgIpc) is 2.63. The number of rotatable bonds is 5. The van der Waals surface area contributed by atoms with Gasteiger partial charge in [-0.15, -0.1) is 4.91 Å². The van der Waals surface area contributed by atoms with Gasteiger partial charge in [-0.2, -0.15) is 0 Å². The van der Waals surface area contributed by atoms with Crippen molar-refractivity contribution in [2.24, 2.45) is 5.18 Å². The summed E-state index contributed by atoms with van der Waals surface area (Å²) in [5.74, 6) is -0.113. The van der Waals surface area contributed by atoms with Crippen LogP contribution in [0.4, 0.5) is 5.69 Å². The van der Waals surface area contributed by atoms with Gasteiger partial charge in [0.25, 0.3) is 0 Å². The first-order valence-electron chi connectivity index (χ1n) is 7.99. The monoisotopic (exact) mass is 341 g/mol. The van der Waals surface area contributed by atoms with E-state index < -0.39 is 0 Å². The van der Waals surface area contributed by atoms with E-state index in [1.807, 2.05) is 25.1 Å². The molecule has 0 heterocycles. The van der Waals surface area contributed by atoms with Crippen LogP contribution < -0.4 is 0 Å². The number of phenolic OH excluding ortho intramolecular Hbond substituents is 1. The van der Waals surface area contributed by atoms with Crippen molar-refractivity contribution in [3.05, 3.63) is 70.1 Å². The van der Waals surface area contributed by atoms with Gasteiger partial charge in [0.15, 0.2) is 0 Å². The highest BCUT2D eigenvalue weighted by atomic mass is 16.5. The number of aromatic hydroxyl groups is 1. The molecule has 0 fully saturated rings. The van der Waals surface area contributed by atoms with E-state index in [0.29, 0.717) is 16.8 Å². The second-order valence-corrected chi connectivity index (χ2v) is 5.39. The third-order valence-corrected chi connectivity index (χ3v) is 3.31. The number of ether oxygens (including phenoxy) is 1. The summed E-state index contributed by atoms with van der Waals surface area (Å²) in [7, 11) is 1.38. The van der Waals surface area contributed by atoms with Crippen molar-refractivity contribution >= 4 is 17.7 Å². The Morgan fingerprint density at radius 2 is 2.00 bits per heavy atom. The quantitative estimate of drug-likeness (QED) is 0.585. The van der Waals surface area contributed by atoms with Crippen molar-refractivity contribution in [3.8, 4) is 5.75 Å². The Balaban J connectivity index is 0.000000257. The van der Waals surface area contributed by atoms with Crippen LogP contribution in [0.2, 0.25) is 0 Å². The number of aryl methyl sites for hydroxylation is 1. The van der Waals surface area contributed by atoms with Gasteiger partial charge in [-0.05, 0) is 48.9 Å². The van der Waals surface area contributed by atoms with E-state index in [9.17, 15) is 14.8 Å². The lowest BCUT2D eigenvalue weighted by molar-refractivity contribution is 0.0600. The van der Waals surface area contributed by atoms with Crippen molar-refractivity contribution in [2.75, 3.05) is 7.11 Å². The van der Waals surface area contributed by atoms with E-state index in [1.165, 1.54) is 19.2 Å². The van der Waals surface area contributed by atoms with E-state index in [2.05, 4.69) is 16.8 Å². The van der Waals surface area contributed by atoms with Crippen LogP contribution >= 0.6 is 0 Å². The fourth-order valence-corrected chi connectivity index (χ4v) is 2.00. The normalized spacial score (nSPS) is 10.0. The Hall–Kier alpha value is -2.95. The largest absolute Gasteiger partial charge is 0.507 e. The first-order valence-corrected chi connectivity index (χ1v) is 7.99. The number of carbonyl (C=O) groups excluding carboxylic acids is 1. The Morgan fingerprint density at radius 3 is 2.60 bits per heavy atom. The molecule has 2 rings (SSSR count). The van der Waals surface area contributed by atoms with Gasteiger partial charge in [0.1, 0.15) is 11.4 Å². The van der Waals surface area contributed by atoms with Gasteiger partial charge in [0, 0.05) is 5.56 Å². The summed E-state index contributed by atoms with van der Waals surface area (Å²) in [6.45, 7) is 4.01. The lowest BCUT2D eigenvalue weighted by atomic mass is 10.1. The first-order chi connectivity index (χ1) is 12.0. The van der Waals surface area contributed by atoms with Crippen molar-refractivity contribution in [2.45, 2.75) is 26.7 Å². The summed E-state index contributed by atoms with van der Waals surface area (Å²) in [6, 6.07) is 11.8. The third-order valence-electron chi connectivity index (χ3n) is 3.31. The van der Waals surface area contributed by atoms with E-state index in [0.717, 1.165) is 18.4 Å². The molecule has 0 aliphatic rings. The molecule has 0 bridgehead atoms. The Labute approximate surface area is 147 Å². The third kappa shape index (κ3) is 6.99. The van der Waals surface area contributed by atoms with Crippen LogP contribution in [0.3, 0.4) is 0 Å². The summed E-state index contributed by atoms with van der Waals surface area (Å²) >= 11 is 0. The van der Waals surface area contributed by atoms with Crippen LogP contribution in [-0.4, -0.2) is 18.2 Å². The number of phenols is 1. The van der Waals surface area contributed by atoms with Gasteiger partial charge in [0.05, 0.1) is 12.7 Å². The number of hydrogen-bond acceptors (Lipinski definition) is 5. The van der Waals surface area contributed by atoms with Crippen LogP contribution in [0.25, 0.3) is 6.08 Å². The number of carbonyl (C=O) groups is 1. The van der Waals surface area contributed by atoms with Crippen LogP contribution in [0.15, 0.2) is 53.7 Å². The molecule has 0 aliphatic carbocycles. The summed E-state index contributed by atoms with van der Waals surface area (Å²) in [5, 5.41) is 12.2. The predicted molar refractivity (Wildman–Crippen MR) is 100 cm³/mol. The maximum atomic E-state index is 10.9. The lowest BCUT2D eigenvalue weighted by Gasteiger charge is -1.98. The predicted octanol–water partition coefficient (Wildman–Crippen LogP) is 5.39. The molecule has 132 valence electrons. The number of allylic oxidation sites excluding steroid dienone is 1. The highest BCUT2D eigenvalue weighted by Crippen LogP contribution is 2.24. The van der Waals surface area contributed by atoms with Gasteiger partial charge < -0.3 is 9.84 Å². The van der Waals surface area contributed by atoms with E-state index >= 15 is 0 Å². The van der Waals surface area contributed by atoms with Crippen LogP contribution in [0.1, 0.15) is 41.3 Å². The van der Waals surface area contributed by atoms with Gasteiger partial charge in [0.2, 0.25) is 0 Å². The Bertz CT molecular complexity index is 738. The molecule has 0 unspecified atom stereocenters. The second kappa shape index (κ2) is 10.8. The molecular formula is C20H23NO4. The zero-order chi connectivity index (χ0) is 18.7. The molecule has 0 atom stereocenters. The molecule has 0 amide bonds. The van der Waals surface area contributed by atoms with Gasteiger partial charge >= 0.3 is 5.97 Å². The van der Waals surface area contributed by atoms with Crippen LogP contribution in [-0.2, 0) is 4.74 Å². The molecular weight excluding hydrogens is 318 g/mol. The molecule has 0 saturated carbocycles. The number of methoxy groups -OCH3 is 1. The lowest BCUT2D eigenvalue weighted by Crippen LogP contribution is -2.00. The van der Waals surface area contributed by atoms with E-state index in [-0.39, 0.29) is 11.7 Å². The molecule has 25 heavy (non-hydrogen) atoms. The zero-order valence-electron chi connectivity index (χ0n) is 14.7. The number of nitroso groups, excluding NO2 is 1. The molecule has 5 heteroatoms. The highest BCUT2D eigenvalue weighted by Gasteiger charge is 2.02. The summed E-state index contributed by atoms with van der Waals surface area (Å²) < 4.78 is 4.55. The van der Waals surface area contributed by atoms with E-state index in [4.69, 9.17) is 0 Å². The molecule has 0 aromatic heterocycles. The second-order valence-electron chi connectivity index (χ2n) is 5.39. The number of benzene rings is 2. The van der Waals surface area contributed by atoms with Crippen molar-refractivity contribution < 1.29 is 14.6 Å². The molecule has 0 aliphatic heterocycles. The van der Waals surface area contributed by atoms with Crippen molar-refractivity contribution in [1.82, 2.24) is 0 Å². The summed E-state index contributed by atoms with van der Waals surface area (Å²) in [6.07, 6.45) is 5.78. The smallest absolute Gasteiger partial charge is 0.337 e. The molecule has 2 aromatic rings. The Kier molecular flexibility index (Phi) is 8.65. The molecule has 0 radical (unpaired) electrons. The SMILES string of the molecule is CCC/C=C\c1cc(N=O)ccc1O.COC(=O)c1cccc(C)c1. The van der Waals surface area contributed by atoms with Crippen molar-refractivity contribution in [3.63, 3.8) is 0 Å². The molecule has 5 nitrogen and oxygen atoms in total. The van der Waals surface area contributed by atoms with Gasteiger partial charge in [-0.25, -0.2) is 4.79 Å². The minimum atomic E-state index is -0.284. The number of unbranched alkanes of at least 4 members (excludes halogenated alkanes) is 1. The fraction of sp³-hybridized carbons (Fsp3) is 0.250. The highest BCUT2D eigenvalue weighted by molar-refractivity contribution is 5.89. The van der Waals surface area contributed by atoms with Crippen molar-refractivity contribution in [1.29, 1.82) is 0 Å². The summed E-state index contributed by atoms with van der Waals surface area (Å²) in [5.41, 5.74) is 2.63. The van der Waals surface area contributed by atoms with Crippen LogP contribution in [0.5, 0.6) is 5.75 Å². The summed E-state index contributed by atoms with van der Waals surface area (Å²) in [4.78, 5) is 21.2.